The second-order valence-corrected chi connectivity index (χ2v) is 12.3. The standard InChI is InChI=1S/C18H16N2O14S4.Cu.3Na/c21-15-4-2-12(36(24,25)6-5-32-38(29,30)31)9-14(15)19-20-17-13-3-1-11(35-34-33-23)7-10(13)8-16(18(17)22)37(26,27)28;;;;/h1-4,7-9,21-23H,5-6H2,(H,26,27,28)(H,29,30,31);;;;/q;;3*+1/p-3. The van der Waals surface area contributed by atoms with Gasteiger partial charge in [0.15, 0.2) is 15.6 Å². The molecule has 217 valence electrons. The molecular weight excluding hydrogens is 729 g/mol. The van der Waals surface area contributed by atoms with Gasteiger partial charge in [0.25, 0.3) is 0 Å². The summed E-state index contributed by atoms with van der Waals surface area (Å²) in [5.74, 6) is -2.61. The third-order valence-electron chi connectivity index (χ3n) is 4.59. The molecule has 0 heterocycles. The fourth-order valence-electron chi connectivity index (χ4n) is 2.97. The van der Waals surface area contributed by atoms with Crippen LogP contribution in [0, 0.1) is 0 Å². The fourth-order valence-corrected chi connectivity index (χ4v) is 5.48. The number of fused-ring (bicyclic) bond motifs is 1. The van der Waals surface area contributed by atoms with Crippen molar-refractivity contribution in [1.82, 2.24) is 0 Å². The maximum Gasteiger partial charge on any atom is 1.00 e. The van der Waals surface area contributed by atoms with Crippen LogP contribution in [0.15, 0.2) is 67.4 Å². The van der Waals surface area contributed by atoms with Crippen molar-refractivity contribution in [2.75, 3.05) is 12.4 Å². The van der Waals surface area contributed by atoms with Crippen molar-refractivity contribution < 1.29 is 169 Å². The zero-order valence-electron chi connectivity index (χ0n) is 21.6. The summed E-state index contributed by atoms with van der Waals surface area (Å²) in [6.45, 7) is -0.978. The van der Waals surface area contributed by atoms with E-state index in [0.717, 1.165) is 24.3 Å². The van der Waals surface area contributed by atoms with Crippen molar-refractivity contribution in [3.05, 3.63) is 42.5 Å². The first-order valence-electron chi connectivity index (χ1n) is 9.59. The zero-order chi connectivity index (χ0) is 28.3. The van der Waals surface area contributed by atoms with Gasteiger partial charge in [0.05, 0.1) is 34.2 Å². The molecule has 3 aromatic carbocycles. The molecule has 0 fully saturated rings. The molecule has 0 aliphatic carbocycles. The summed E-state index contributed by atoms with van der Waals surface area (Å²) in [5.41, 5.74) is -1.03. The predicted octanol–water partition coefficient (Wildman–Crippen LogP) is -7.94. The van der Waals surface area contributed by atoms with Crippen LogP contribution in [0.1, 0.15) is 0 Å². The quantitative estimate of drug-likeness (QED) is 0.0352. The minimum Gasteiger partial charge on any atom is -0.744 e. The summed E-state index contributed by atoms with van der Waals surface area (Å²) in [6, 6.07) is 7.42. The normalized spacial score (nSPS) is 11.7. The van der Waals surface area contributed by atoms with Crippen LogP contribution in [0.25, 0.3) is 10.8 Å². The van der Waals surface area contributed by atoms with Crippen molar-refractivity contribution in [1.29, 1.82) is 0 Å². The number of sulfone groups is 1. The Balaban J connectivity index is 0. The Kier molecular flexibility index (Phi) is 19.9. The molecule has 16 nitrogen and oxygen atoms in total. The first-order chi connectivity index (χ1) is 17.6. The Hall–Kier alpha value is 0.599. The SMILES string of the molecule is O=S(=O)([O-])OCCS(=O)(=O)c1ccc(O)c(N=Nc2c(O)c(S(=O)(=O)[O-])cc3cc(SOO[O-])ccc23)c1.[Cu].[Na+].[Na+].[Na+]. The number of phenols is 2. The van der Waals surface area contributed by atoms with E-state index in [9.17, 15) is 49.8 Å². The van der Waals surface area contributed by atoms with Gasteiger partial charge in [-0.25, -0.2) is 25.3 Å². The van der Waals surface area contributed by atoms with Crippen LogP contribution >= 0.6 is 12.0 Å². The molecular formula is C18H13CuN2Na3O14S4. The molecule has 0 atom stereocenters. The largest absolute Gasteiger partial charge is 1.00 e. The van der Waals surface area contributed by atoms with Crippen molar-refractivity contribution >= 4 is 64.5 Å². The van der Waals surface area contributed by atoms with Gasteiger partial charge in [-0.15, -0.1) is 10.2 Å². The van der Waals surface area contributed by atoms with Crippen LogP contribution in [-0.4, -0.2) is 56.9 Å². The Bertz CT molecular complexity index is 1740. The molecule has 0 aliphatic heterocycles. The summed E-state index contributed by atoms with van der Waals surface area (Å²) < 4.78 is 99.5. The molecule has 0 aliphatic rings. The second kappa shape index (κ2) is 18.7. The number of hydrogen-bond acceptors (Lipinski definition) is 17. The molecule has 0 spiro atoms. The van der Waals surface area contributed by atoms with Gasteiger partial charge in [0.1, 0.15) is 27.2 Å². The van der Waals surface area contributed by atoms with E-state index in [-0.39, 0.29) is 121 Å². The molecule has 2 N–H and O–H groups in total. The van der Waals surface area contributed by atoms with Crippen LogP contribution in [0.3, 0.4) is 0 Å². The molecule has 0 saturated carbocycles. The number of phenolic OH excluding ortho intramolecular Hbond substituents is 2. The van der Waals surface area contributed by atoms with Crippen molar-refractivity contribution in [3.63, 3.8) is 0 Å². The first kappa shape index (κ1) is 44.7. The Morgan fingerprint density at radius 2 is 1.52 bits per heavy atom. The van der Waals surface area contributed by atoms with E-state index in [1.807, 2.05) is 0 Å². The molecule has 3 aromatic rings. The second-order valence-electron chi connectivity index (χ2n) is 7.03. The van der Waals surface area contributed by atoms with Crippen molar-refractivity contribution in [2.24, 2.45) is 10.2 Å². The molecule has 3 rings (SSSR count). The van der Waals surface area contributed by atoms with Gasteiger partial charge < -0.3 is 24.6 Å². The van der Waals surface area contributed by atoms with E-state index in [1.165, 1.54) is 18.2 Å². The average molecular weight is 742 g/mol. The van der Waals surface area contributed by atoms with E-state index in [0.29, 0.717) is 12.0 Å². The molecule has 0 unspecified atom stereocenters. The van der Waals surface area contributed by atoms with E-state index < -0.39 is 75.4 Å². The Morgan fingerprint density at radius 3 is 2.10 bits per heavy atom. The number of aromatic hydroxyl groups is 2. The Labute approximate surface area is 320 Å². The molecule has 0 bridgehead atoms. The molecule has 1 radical (unpaired) electrons. The zero-order valence-corrected chi connectivity index (χ0v) is 31.8. The van der Waals surface area contributed by atoms with Gasteiger partial charge in [0.2, 0.25) is 10.4 Å². The fraction of sp³-hybridized carbons (Fsp3) is 0.111. The van der Waals surface area contributed by atoms with E-state index in [2.05, 4.69) is 23.8 Å². The first-order valence-corrected chi connectivity index (χ1v) is 14.7. The maximum absolute atomic E-state index is 12.4. The van der Waals surface area contributed by atoms with Gasteiger partial charge in [-0.05, 0) is 41.8 Å². The van der Waals surface area contributed by atoms with Gasteiger partial charge >= 0.3 is 88.7 Å². The van der Waals surface area contributed by atoms with Crippen LogP contribution in [-0.2, 0) is 61.0 Å². The van der Waals surface area contributed by atoms with Gasteiger partial charge in [-0.1, -0.05) is 6.07 Å². The van der Waals surface area contributed by atoms with Crippen LogP contribution in [0.4, 0.5) is 11.4 Å². The summed E-state index contributed by atoms with van der Waals surface area (Å²) >= 11 is 0.453. The average Bonchev–Trinajstić information content (AvgIpc) is 2.80. The van der Waals surface area contributed by atoms with Crippen LogP contribution in [0.5, 0.6) is 11.5 Å². The summed E-state index contributed by atoms with van der Waals surface area (Å²) in [4.78, 5) is -1.33. The number of nitrogens with zero attached hydrogens (tertiary/aromatic N) is 2. The van der Waals surface area contributed by atoms with Crippen molar-refractivity contribution in [2.45, 2.75) is 14.7 Å². The van der Waals surface area contributed by atoms with Gasteiger partial charge in [-0.2, -0.15) is 4.33 Å². The third-order valence-corrected chi connectivity index (χ3v) is 8.14. The predicted molar refractivity (Wildman–Crippen MR) is 122 cm³/mol. The topological polar surface area (TPSA) is 264 Å². The monoisotopic (exact) mass is 741 g/mol. The maximum atomic E-state index is 12.4. The van der Waals surface area contributed by atoms with E-state index >= 15 is 0 Å². The summed E-state index contributed by atoms with van der Waals surface area (Å²) in [6.07, 6.45) is 0. The number of rotatable bonds is 11. The molecule has 0 aromatic heterocycles. The minimum absolute atomic E-state index is 0. The molecule has 0 saturated heterocycles. The number of hydrogen-bond donors (Lipinski definition) is 2. The molecule has 42 heavy (non-hydrogen) atoms. The van der Waals surface area contributed by atoms with Gasteiger partial charge in [-0.3, -0.25) is 9.22 Å². The summed E-state index contributed by atoms with van der Waals surface area (Å²) in [7, 11) is -14.6. The number of azo groups is 1. The molecule has 0 amide bonds. The van der Waals surface area contributed by atoms with E-state index in [1.54, 1.807) is 0 Å². The number of benzene rings is 3. The summed E-state index contributed by atoms with van der Waals surface area (Å²) in [5, 5.41) is 41.3. The smallest absolute Gasteiger partial charge is 0.744 e. The van der Waals surface area contributed by atoms with E-state index in [4.69, 9.17) is 0 Å². The third kappa shape index (κ3) is 12.4. The Morgan fingerprint density at radius 1 is 0.881 bits per heavy atom. The van der Waals surface area contributed by atoms with Crippen LogP contribution in [0.2, 0.25) is 0 Å². The molecule has 24 heteroatoms. The minimum atomic E-state index is -5.23. The van der Waals surface area contributed by atoms with Crippen molar-refractivity contribution in [3.8, 4) is 11.5 Å². The van der Waals surface area contributed by atoms with Crippen LogP contribution < -0.4 is 93.9 Å². The van der Waals surface area contributed by atoms with Gasteiger partial charge in [0, 0.05) is 27.4 Å².